The Balaban J connectivity index is 2.61. The summed E-state index contributed by atoms with van der Waals surface area (Å²) in [6.45, 7) is 8.17. The van der Waals surface area contributed by atoms with Gasteiger partial charge in [0.25, 0.3) is 0 Å². The number of nitrogens with zero attached hydrogens (tertiary/aromatic N) is 2. The van der Waals surface area contributed by atoms with Gasteiger partial charge in [0, 0.05) is 0 Å². The summed E-state index contributed by atoms with van der Waals surface area (Å²) < 4.78 is 2.07. The fourth-order valence-electron chi connectivity index (χ4n) is 1.94. The molecule has 2 rings (SSSR count). The van der Waals surface area contributed by atoms with Crippen LogP contribution in [0.3, 0.4) is 0 Å². The molecular weight excluding hydrogens is 210 g/mol. The van der Waals surface area contributed by atoms with E-state index in [-0.39, 0.29) is 0 Å². The molecule has 3 nitrogen and oxygen atoms in total. The summed E-state index contributed by atoms with van der Waals surface area (Å²) in [4.78, 5) is 4.22. The Labute approximate surface area is 102 Å². The van der Waals surface area contributed by atoms with Crippen molar-refractivity contribution in [2.75, 3.05) is 0 Å². The second-order valence-corrected chi connectivity index (χ2v) is 5.16. The molecule has 0 spiro atoms. The van der Waals surface area contributed by atoms with Crippen molar-refractivity contribution < 1.29 is 0 Å². The fourth-order valence-corrected chi connectivity index (χ4v) is 1.94. The average molecular weight is 229 g/mol. The molecule has 2 aromatic rings. The Morgan fingerprint density at radius 2 is 1.94 bits per heavy atom. The van der Waals surface area contributed by atoms with Gasteiger partial charge in [-0.25, -0.2) is 4.98 Å². The lowest BCUT2D eigenvalue weighted by molar-refractivity contribution is 0.524. The summed E-state index contributed by atoms with van der Waals surface area (Å²) in [7, 11) is 0. The highest BCUT2D eigenvalue weighted by atomic mass is 15.1. The van der Waals surface area contributed by atoms with Gasteiger partial charge < -0.3 is 10.3 Å². The normalized spacial score (nSPS) is 11.8. The lowest BCUT2D eigenvalue weighted by Crippen LogP contribution is -2.31. The molecule has 90 valence electrons. The molecule has 0 aliphatic rings. The van der Waals surface area contributed by atoms with E-state index < -0.39 is 5.54 Å². The van der Waals surface area contributed by atoms with E-state index in [4.69, 9.17) is 5.73 Å². The Morgan fingerprint density at radius 1 is 1.24 bits per heavy atom. The molecule has 0 bridgehead atoms. The van der Waals surface area contributed by atoms with Crippen molar-refractivity contribution in [1.29, 1.82) is 0 Å². The van der Waals surface area contributed by atoms with Crippen molar-refractivity contribution in [2.24, 2.45) is 5.73 Å². The molecule has 0 amide bonds. The van der Waals surface area contributed by atoms with Crippen LogP contribution in [0.2, 0.25) is 0 Å². The zero-order valence-electron chi connectivity index (χ0n) is 10.9. The van der Waals surface area contributed by atoms with Gasteiger partial charge in [0.15, 0.2) is 0 Å². The van der Waals surface area contributed by atoms with Crippen molar-refractivity contribution in [3.05, 3.63) is 47.5 Å². The number of aromatic nitrogens is 2. The van der Waals surface area contributed by atoms with Crippen LogP contribution in [0.25, 0.3) is 5.69 Å². The predicted octanol–water partition coefficient (Wildman–Crippen LogP) is 2.68. The minimum Gasteiger partial charge on any atom is -0.321 e. The third-order valence-corrected chi connectivity index (χ3v) is 2.92. The number of hydrogen-bond acceptors (Lipinski definition) is 2. The van der Waals surface area contributed by atoms with Crippen molar-refractivity contribution in [3.8, 4) is 5.69 Å². The van der Waals surface area contributed by atoms with Crippen molar-refractivity contribution >= 4 is 0 Å². The molecule has 2 N–H and O–H groups in total. The first-order chi connectivity index (χ1) is 7.89. The molecule has 0 radical (unpaired) electrons. The van der Waals surface area contributed by atoms with E-state index in [0.717, 1.165) is 11.4 Å². The van der Waals surface area contributed by atoms with Crippen LogP contribution >= 0.6 is 0 Å². The van der Waals surface area contributed by atoms with Gasteiger partial charge in [0.05, 0.1) is 29.4 Å². The van der Waals surface area contributed by atoms with Gasteiger partial charge in [-0.2, -0.15) is 0 Å². The van der Waals surface area contributed by atoms with E-state index in [0.29, 0.717) is 0 Å². The summed E-state index contributed by atoms with van der Waals surface area (Å²) in [6, 6.07) is 6.40. The largest absolute Gasteiger partial charge is 0.321 e. The Morgan fingerprint density at radius 3 is 2.59 bits per heavy atom. The van der Waals surface area contributed by atoms with Crippen LogP contribution in [0.1, 0.15) is 30.7 Å². The highest BCUT2D eigenvalue weighted by molar-refractivity contribution is 5.44. The number of nitrogens with two attached hydrogens (primary N) is 1. The van der Waals surface area contributed by atoms with Gasteiger partial charge in [-0.05, 0) is 44.9 Å². The van der Waals surface area contributed by atoms with Crippen LogP contribution in [0.5, 0.6) is 0 Å². The molecule has 0 saturated heterocycles. The summed E-state index contributed by atoms with van der Waals surface area (Å²) >= 11 is 0. The molecule has 0 atom stereocenters. The molecule has 1 aromatic carbocycles. The van der Waals surface area contributed by atoms with Gasteiger partial charge in [0.2, 0.25) is 0 Å². The molecule has 3 heteroatoms. The maximum Gasteiger partial charge on any atom is 0.0994 e. The minimum absolute atomic E-state index is 0.396. The van der Waals surface area contributed by atoms with E-state index in [1.165, 1.54) is 11.1 Å². The third kappa shape index (κ3) is 2.24. The molecule has 0 saturated carbocycles. The zero-order chi connectivity index (χ0) is 12.6. The summed E-state index contributed by atoms with van der Waals surface area (Å²) in [6.07, 6.45) is 3.66. The molecule has 17 heavy (non-hydrogen) atoms. The van der Waals surface area contributed by atoms with Crippen LogP contribution in [-0.2, 0) is 5.54 Å². The van der Waals surface area contributed by atoms with Gasteiger partial charge in [-0.15, -0.1) is 0 Å². The predicted molar refractivity (Wildman–Crippen MR) is 70.3 cm³/mol. The van der Waals surface area contributed by atoms with Gasteiger partial charge in [0.1, 0.15) is 0 Å². The van der Waals surface area contributed by atoms with Crippen molar-refractivity contribution in [3.63, 3.8) is 0 Å². The van der Waals surface area contributed by atoms with E-state index in [1.807, 2.05) is 26.4 Å². The lowest BCUT2D eigenvalue weighted by Gasteiger charge is -2.21. The van der Waals surface area contributed by atoms with Gasteiger partial charge in [-0.3, -0.25) is 0 Å². The third-order valence-electron chi connectivity index (χ3n) is 2.92. The van der Waals surface area contributed by atoms with Crippen LogP contribution in [0, 0.1) is 13.8 Å². The standard InChI is InChI=1S/C14H19N3/c1-10-5-6-11(2)12(7-10)17-9-16-8-13(17)14(3,4)15/h5-9H,15H2,1-4H3. The van der Waals surface area contributed by atoms with Crippen molar-refractivity contribution in [2.45, 2.75) is 33.2 Å². The van der Waals surface area contributed by atoms with Gasteiger partial charge in [-0.1, -0.05) is 12.1 Å². The van der Waals surface area contributed by atoms with E-state index in [1.54, 1.807) is 0 Å². The number of hydrogen-bond donors (Lipinski definition) is 1. The van der Waals surface area contributed by atoms with E-state index in [2.05, 4.69) is 41.6 Å². The highest BCUT2D eigenvalue weighted by Crippen LogP contribution is 2.23. The van der Waals surface area contributed by atoms with Crippen LogP contribution in [0.15, 0.2) is 30.7 Å². The quantitative estimate of drug-likeness (QED) is 0.860. The summed E-state index contributed by atoms with van der Waals surface area (Å²) in [5.41, 5.74) is 10.4. The van der Waals surface area contributed by atoms with Crippen LogP contribution < -0.4 is 5.73 Å². The van der Waals surface area contributed by atoms with E-state index >= 15 is 0 Å². The summed E-state index contributed by atoms with van der Waals surface area (Å²) in [5, 5.41) is 0. The topological polar surface area (TPSA) is 43.8 Å². The van der Waals surface area contributed by atoms with E-state index in [9.17, 15) is 0 Å². The molecule has 0 unspecified atom stereocenters. The maximum atomic E-state index is 6.17. The van der Waals surface area contributed by atoms with Crippen LogP contribution in [0.4, 0.5) is 0 Å². The minimum atomic E-state index is -0.396. The average Bonchev–Trinajstić information content (AvgIpc) is 2.69. The molecule has 0 aliphatic heterocycles. The zero-order valence-corrected chi connectivity index (χ0v) is 10.9. The second-order valence-electron chi connectivity index (χ2n) is 5.16. The Kier molecular flexibility index (Phi) is 2.79. The van der Waals surface area contributed by atoms with Crippen molar-refractivity contribution in [1.82, 2.24) is 9.55 Å². The Hall–Kier alpha value is -1.61. The number of rotatable bonds is 2. The first kappa shape index (κ1) is 11.9. The Bertz CT molecular complexity index is 533. The number of benzene rings is 1. The molecule has 1 heterocycles. The number of imidazole rings is 1. The maximum absolute atomic E-state index is 6.17. The first-order valence-corrected chi connectivity index (χ1v) is 5.79. The highest BCUT2D eigenvalue weighted by Gasteiger charge is 2.20. The molecule has 0 fully saturated rings. The molecule has 1 aromatic heterocycles. The first-order valence-electron chi connectivity index (χ1n) is 5.79. The lowest BCUT2D eigenvalue weighted by atomic mass is 10.0. The fraction of sp³-hybridized carbons (Fsp3) is 0.357. The second kappa shape index (κ2) is 4.00. The monoisotopic (exact) mass is 229 g/mol. The SMILES string of the molecule is Cc1ccc(C)c(-n2cncc2C(C)(C)N)c1. The van der Waals surface area contributed by atoms with Crippen LogP contribution in [-0.4, -0.2) is 9.55 Å². The van der Waals surface area contributed by atoms with Gasteiger partial charge >= 0.3 is 0 Å². The number of aryl methyl sites for hydroxylation is 2. The summed E-state index contributed by atoms with van der Waals surface area (Å²) in [5.74, 6) is 0. The smallest absolute Gasteiger partial charge is 0.0994 e. The molecule has 0 aliphatic carbocycles. The molecular formula is C14H19N3.